The number of methoxy groups -OCH3 is 1. The first-order chi connectivity index (χ1) is 19.1. The molecule has 13 heteroatoms. The van der Waals surface area contributed by atoms with Crippen LogP contribution in [0.1, 0.15) is 5.56 Å². The van der Waals surface area contributed by atoms with E-state index < -0.39 is 29.5 Å². The van der Waals surface area contributed by atoms with Crippen molar-refractivity contribution in [3.63, 3.8) is 0 Å². The Morgan fingerprint density at radius 2 is 1.65 bits per heavy atom. The predicted molar refractivity (Wildman–Crippen MR) is 162 cm³/mol. The number of halogens is 3. The number of carbonyl (C=O) groups excluding carboxylic acids is 4. The molecular weight excluding hydrogens is 690 g/mol. The van der Waals surface area contributed by atoms with Gasteiger partial charge in [-0.1, -0.05) is 33.6 Å². The molecule has 40 heavy (non-hydrogen) atoms. The lowest BCUT2D eigenvalue weighted by Crippen LogP contribution is -2.36. The molecule has 1 heterocycles. The average molecular weight is 710 g/mol. The number of thioether (sulfide) groups is 1. The molecule has 0 bridgehead atoms. The summed E-state index contributed by atoms with van der Waals surface area (Å²) in [7, 11) is 1.44. The smallest absolute Gasteiger partial charge is 0.294 e. The summed E-state index contributed by atoms with van der Waals surface area (Å²) >= 11 is 13.4. The van der Waals surface area contributed by atoms with Crippen molar-refractivity contribution in [2.24, 2.45) is 0 Å². The number of imide groups is 1. The second-order valence-corrected chi connectivity index (χ2v) is 11.4. The number of benzene rings is 3. The largest absolute Gasteiger partial charge is 0.493 e. The molecule has 3 aromatic carbocycles. The van der Waals surface area contributed by atoms with E-state index in [4.69, 9.17) is 21.1 Å². The number of rotatable bonds is 9. The van der Waals surface area contributed by atoms with Crippen molar-refractivity contribution in [2.45, 2.75) is 0 Å². The van der Waals surface area contributed by atoms with E-state index in [9.17, 15) is 19.2 Å². The van der Waals surface area contributed by atoms with Crippen LogP contribution in [0.25, 0.3) is 6.08 Å². The minimum Gasteiger partial charge on any atom is -0.493 e. The Hall–Kier alpha value is -3.32. The van der Waals surface area contributed by atoms with Gasteiger partial charge in [-0.05, 0) is 93.9 Å². The summed E-state index contributed by atoms with van der Waals surface area (Å²) in [6.45, 7) is -0.701. The Bertz CT molecular complexity index is 1520. The molecule has 1 saturated heterocycles. The Morgan fingerprint density at radius 3 is 2.35 bits per heavy atom. The topological polar surface area (TPSA) is 114 Å². The van der Waals surface area contributed by atoms with Gasteiger partial charge in [0.15, 0.2) is 18.1 Å². The highest BCUT2D eigenvalue weighted by atomic mass is 79.9. The van der Waals surface area contributed by atoms with E-state index in [2.05, 4.69) is 42.5 Å². The van der Waals surface area contributed by atoms with Crippen LogP contribution in [0.4, 0.5) is 16.2 Å². The predicted octanol–water partition coefficient (Wildman–Crippen LogP) is 6.57. The summed E-state index contributed by atoms with van der Waals surface area (Å²) in [5, 5.41) is 5.26. The maximum absolute atomic E-state index is 12.9. The van der Waals surface area contributed by atoms with Crippen LogP contribution in [-0.4, -0.2) is 48.1 Å². The monoisotopic (exact) mass is 707 g/mol. The van der Waals surface area contributed by atoms with Gasteiger partial charge in [0.2, 0.25) is 5.91 Å². The van der Waals surface area contributed by atoms with Gasteiger partial charge in [0.25, 0.3) is 17.1 Å². The second kappa shape index (κ2) is 13.4. The van der Waals surface area contributed by atoms with Gasteiger partial charge < -0.3 is 20.1 Å². The molecule has 0 radical (unpaired) electrons. The van der Waals surface area contributed by atoms with E-state index in [0.29, 0.717) is 37.9 Å². The van der Waals surface area contributed by atoms with Crippen molar-refractivity contribution in [3.8, 4) is 11.5 Å². The van der Waals surface area contributed by atoms with Crippen molar-refractivity contribution in [1.82, 2.24) is 4.90 Å². The zero-order chi connectivity index (χ0) is 28.8. The van der Waals surface area contributed by atoms with E-state index in [0.717, 1.165) is 21.1 Å². The number of nitrogens with one attached hydrogen (secondary N) is 2. The average Bonchev–Trinajstić information content (AvgIpc) is 3.18. The number of hydrogen-bond donors (Lipinski definition) is 2. The summed E-state index contributed by atoms with van der Waals surface area (Å²) in [4.78, 5) is 51.1. The lowest BCUT2D eigenvalue weighted by Gasteiger charge is -2.13. The molecule has 9 nitrogen and oxygen atoms in total. The second-order valence-electron chi connectivity index (χ2n) is 8.20. The molecule has 0 spiro atoms. The Balaban J connectivity index is 1.37. The first-order valence-electron chi connectivity index (χ1n) is 11.5. The molecule has 1 aliphatic heterocycles. The highest BCUT2D eigenvalue weighted by Gasteiger charge is 2.36. The minimum absolute atomic E-state index is 0.157. The first kappa shape index (κ1) is 29.7. The van der Waals surface area contributed by atoms with Crippen LogP contribution >= 0.6 is 55.2 Å². The minimum atomic E-state index is -0.579. The molecule has 0 aliphatic carbocycles. The maximum Gasteiger partial charge on any atom is 0.294 e. The zero-order valence-electron chi connectivity index (χ0n) is 20.7. The SMILES string of the molecule is COc1cc(/C=C2/SC(=O)N(CC(=O)Nc3ccc(Br)cc3)C2=O)ccc1OCC(=O)Nc1ccc(Br)c(Cl)c1. The standard InChI is InChI=1S/C27H20Br2ClN3O6S/c1-38-22-10-15(2-9-21(22)39-14-25(35)32-18-7-8-19(29)20(30)12-18)11-23-26(36)33(27(37)40-23)13-24(34)31-17-5-3-16(28)4-6-17/h2-12H,13-14H2,1H3,(H,31,34)(H,32,35)/b23-11+. The highest BCUT2D eigenvalue weighted by molar-refractivity contribution is 9.10. The van der Waals surface area contributed by atoms with E-state index in [1.54, 1.807) is 60.7 Å². The van der Waals surface area contributed by atoms with Gasteiger partial charge >= 0.3 is 0 Å². The first-order valence-corrected chi connectivity index (χ1v) is 14.3. The van der Waals surface area contributed by atoms with Crippen LogP contribution < -0.4 is 20.1 Å². The maximum atomic E-state index is 12.9. The molecule has 3 aromatic rings. The summed E-state index contributed by atoms with van der Waals surface area (Å²) in [6.07, 6.45) is 1.52. The molecule has 0 unspecified atom stereocenters. The number of hydrogen-bond acceptors (Lipinski definition) is 7. The third-order valence-electron chi connectivity index (χ3n) is 5.35. The van der Waals surface area contributed by atoms with Gasteiger partial charge in [0.05, 0.1) is 17.0 Å². The molecular formula is C27H20Br2ClN3O6S. The Kier molecular flexibility index (Phi) is 9.90. The Labute approximate surface area is 255 Å². The fraction of sp³-hybridized carbons (Fsp3) is 0.111. The van der Waals surface area contributed by atoms with E-state index in [1.807, 2.05) is 0 Å². The molecule has 206 valence electrons. The quantitative estimate of drug-likeness (QED) is 0.242. The van der Waals surface area contributed by atoms with Gasteiger partial charge in [-0.15, -0.1) is 0 Å². The van der Waals surface area contributed by atoms with E-state index in [1.165, 1.54) is 13.2 Å². The van der Waals surface area contributed by atoms with Gasteiger partial charge in [-0.3, -0.25) is 24.1 Å². The molecule has 1 fully saturated rings. The van der Waals surface area contributed by atoms with E-state index >= 15 is 0 Å². The van der Waals surface area contributed by atoms with Crippen molar-refractivity contribution in [3.05, 3.63) is 85.1 Å². The van der Waals surface area contributed by atoms with Crippen LogP contribution in [0.5, 0.6) is 11.5 Å². The lowest BCUT2D eigenvalue weighted by molar-refractivity contribution is -0.127. The fourth-order valence-electron chi connectivity index (χ4n) is 3.47. The van der Waals surface area contributed by atoms with Crippen molar-refractivity contribution >= 4 is 95.6 Å². The molecule has 2 N–H and O–H groups in total. The zero-order valence-corrected chi connectivity index (χ0v) is 25.4. The van der Waals surface area contributed by atoms with Crippen molar-refractivity contribution in [1.29, 1.82) is 0 Å². The molecule has 0 aromatic heterocycles. The Morgan fingerprint density at radius 1 is 0.950 bits per heavy atom. The number of anilines is 2. The molecule has 1 aliphatic rings. The van der Waals surface area contributed by atoms with Crippen LogP contribution in [0, 0.1) is 0 Å². The van der Waals surface area contributed by atoms with Crippen molar-refractivity contribution in [2.75, 3.05) is 30.9 Å². The van der Waals surface area contributed by atoms with Gasteiger partial charge in [-0.25, -0.2) is 0 Å². The number of nitrogens with zero attached hydrogens (tertiary/aromatic N) is 1. The normalized spacial score (nSPS) is 13.9. The third-order valence-corrected chi connectivity index (χ3v) is 8.02. The van der Waals surface area contributed by atoms with Gasteiger partial charge in [0.1, 0.15) is 6.54 Å². The van der Waals surface area contributed by atoms with Gasteiger partial charge in [0, 0.05) is 20.3 Å². The van der Waals surface area contributed by atoms with Crippen LogP contribution in [0.3, 0.4) is 0 Å². The molecule has 4 amide bonds. The molecule has 4 rings (SSSR count). The molecule has 0 atom stereocenters. The van der Waals surface area contributed by atoms with E-state index in [-0.39, 0.29) is 11.5 Å². The number of amides is 4. The summed E-state index contributed by atoms with van der Waals surface area (Å²) in [6, 6.07) is 16.8. The van der Waals surface area contributed by atoms with Crippen molar-refractivity contribution < 1.29 is 28.7 Å². The third kappa shape index (κ3) is 7.66. The van der Waals surface area contributed by atoms with Crippen LogP contribution in [0.15, 0.2) is 74.5 Å². The number of carbonyl (C=O) groups is 4. The number of ether oxygens (including phenoxy) is 2. The van der Waals surface area contributed by atoms with Gasteiger partial charge in [-0.2, -0.15) is 0 Å². The summed E-state index contributed by atoms with van der Waals surface area (Å²) in [5.41, 5.74) is 1.62. The van der Waals surface area contributed by atoms with Crippen LogP contribution in [0.2, 0.25) is 5.02 Å². The summed E-state index contributed by atoms with van der Waals surface area (Å²) < 4.78 is 12.6. The highest BCUT2D eigenvalue weighted by Crippen LogP contribution is 2.34. The fourth-order valence-corrected chi connectivity index (χ4v) is 5.00. The van der Waals surface area contributed by atoms with Crippen LogP contribution in [-0.2, 0) is 14.4 Å². The molecule has 0 saturated carbocycles. The summed E-state index contributed by atoms with van der Waals surface area (Å²) in [5.74, 6) is -0.851. The lowest BCUT2D eigenvalue weighted by atomic mass is 10.2.